The van der Waals surface area contributed by atoms with E-state index >= 15 is 0 Å². The van der Waals surface area contributed by atoms with Gasteiger partial charge in [-0.05, 0) is 12.1 Å². The number of hydrogen-bond donors (Lipinski definition) is 1. The van der Waals surface area contributed by atoms with E-state index in [9.17, 15) is 0 Å². The van der Waals surface area contributed by atoms with Crippen molar-refractivity contribution in [1.29, 1.82) is 0 Å². The van der Waals surface area contributed by atoms with E-state index in [2.05, 4.69) is 4.98 Å². The molecule has 1 aromatic heterocycles. The third-order valence-corrected chi connectivity index (χ3v) is 3.04. The summed E-state index contributed by atoms with van der Waals surface area (Å²) >= 11 is 1.51. The fraction of sp³-hybridized carbons (Fsp3) is 0.182. The first-order valence-corrected chi connectivity index (χ1v) is 5.41. The Kier molecular flexibility index (Phi) is 2.99. The Morgan fingerprint density at radius 3 is 2.93 bits per heavy atom. The minimum atomic E-state index is -0.0448. The maximum absolute atomic E-state index is 9.14. The smallest absolute Gasteiger partial charge is 0.127 e. The summed E-state index contributed by atoms with van der Waals surface area (Å²) in [6.07, 6.45) is 0. The molecular formula is C11H11NO2S. The summed E-state index contributed by atoms with van der Waals surface area (Å²) in [7, 11) is 1.64. The number of thiazole rings is 1. The Bertz CT molecular complexity index is 453. The number of nitrogens with zero attached hydrogens (tertiary/aromatic N) is 1. The Balaban J connectivity index is 2.53. The molecule has 1 heterocycles. The van der Waals surface area contributed by atoms with Gasteiger partial charge in [-0.3, -0.25) is 0 Å². The highest BCUT2D eigenvalue weighted by Gasteiger charge is 2.11. The lowest BCUT2D eigenvalue weighted by molar-refractivity contribution is 0.278. The van der Waals surface area contributed by atoms with E-state index in [1.807, 2.05) is 24.3 Å². The summed E-state index contributed by atoms with van der Waals surface area (Å²) in [5, 5.41) is 9.14. The van der Waals surface area contributed by atoms with Crippen LogP contribution in [0.2, 0.25) is 0 Å². The van der Waals surface area contributed by atoms with Crippen LogP contribution < -0.4 is 4.74 Å². The second-order valence-corrected chi connectivity index (χ2v) is 3.84. The highest BCUT2D eigenvalue weighted by Crippen LogP contribution is 2.34. The predicted molar refractivity (Wildman–Crippen MR) is 60.0 cm³/mol. The molecule has 0 atom stereocenters. The molecule has 0 fully saturated rings. The van der Waals surface area contributed by atoms with E-state index in [1.165, 1.54) is 11.3 Å². The Labute approximate surface area is 92.0 Å². The minimum absolute atomic E-state index is 0.0448. The second kappa shape index (κ2) is 4.42. The number of benzene rings is 1. The Morgan fingerprint density at radius 1 is 1.40 bits per heavy atom. The molecule has 0 aliphatic rings. The van der Waals surface area contributed by atoms with Crippen LogP contribution in [-0.4, -0.2) is 17.2 Å². The van der Waals surface area contributed by atoms with Crippen LogP contribution in [0.4, 0.5) is 0 Å². The predicted octanol–water partition coefficient (Wildman–Crippen LogP) is 2.31. The van der Waals surface area contributed by atoms with E-state index in [-0.39, 0.29) is 6.61 Å². The van der Waals surface area contributed by atoms with E-state index in [0.29, 0.717) is 5.69 Å². The average molecular weight is 221 g/mol. The number of methoxy groups -OCH3 is 1. The van der Waals surface area contributed by atoms with E-state index in [1.54, 1.807) is 12.6 Å². The molecule has 2 rings (SSSR count). The fourth-order valence-electron chi connectivity index (χ4n) is 1.43. The van der Waals surface area contributed by atoms with Gasteiger partial charge < -0.3 is 9.84 Å². The molecule has 0 unspecified atom stereocenters. The lowest BCUT2D eigenvalue weighted by Gasteiger charge is -2.06. The summed E-state index contributed by atoms with van der Waals surface area (Å²) in [5.41, 5.74) is 3.41. The van der Waals surface area contributed by atoms with Crippen LogP contribution in [0.5, 0.6) is 5.75 Å². The van der Waals surface area contributed by atoms with Crippen LogP contribution in [-0.2, 0) is 6.61 Å². The van der Waals surface area contributed by atoms with Gasteiger partial charge in [0.1, 0.15) is 5.75 Å². The van der Waals surface area contributed by atoms with Gasteiger partial charge in [-0.25, -0.2) is 4.98 Å². The molecule has 78 valence electrons. The third-order valence-electron chi connectivity index (χ3n) is 2.14. The molecular weight excluding hydrogens is 210 g/mol. The first-order chi connectivity index (χ1) is 7.36. The van der Waals surface area contributed by atoms with Crippen molar-refractivity contribution >= 4 is 11.3 Å². The molecule has 0 saturated heterocycles. The van der Waals surface area contributed by atoms with Crippen molar-refractivity contribution in [3.8, 4) is 16.2 Å². The fourth-order valence-corrected chi connectivity index (χ4v) is 2.27. The van der Waals surface area contributed by atoms with Crippen molar-refractivity contribution in [2.24, 2.45) is 0 Å². The zero-order valence-electron chi connectivity index (χ0n) is 8.30. The molecule has 1 aromatic carbocycles. The summed E-state index contributed by atoms with van der Waals surface area (Å²) < 4.78 is 5.27. The number of aliphatic hydroxyl groups is 1. The van der Waals surface area contributed by atoms with Crippen LogP contribution in [0, 0.1) is 0 Å². The van der Waals surface area contributed by atoms with Crippen LogP contribution in [0.3, 0.4) is 0 Å². The maximum atomic E-state index is 9.14. The molecule has 2 aromatic rings. The molecule has 0 spiro atoms. The largest absolute Gasteiger partial charge is 0.496 e. The van der Waals surface area contributed by atoms with Crippen LogP contribution in [0.25, 0.3) is 10.4 Å². The lowest BCUT2D eigenvalue weighted by Crippen LogP contribution is -1.90. The van der Waals surface area contributed by atoms with Crippen LogP contribution in [0.15, 0.2) is 29.8 Å². The topological polar surface area (TPSA) is 42.4 Å². The summed E-state index contributed by atoms with van der Waals surface area (Å²) in [5.74, 6) is 0.802. The summed E-state index contributed by atoms with van der Waals surface area (Å²) in [6, 6.07) is 7.72. The SMILES string of the molecule is COc1ccccc1-c1scnc1CO. The zero-order valence-corrected chi connectivity index (χ0v) is 9.12. The number of para-hydroxylation sites is 1. The molecule has 0 aliphatic heterocycles. The van der Waals surface area contributed by atoms with Crippen molar-refractivity contribution < 1.29 is 9.84 Å². The van der Waals surface area contributed by atoms with Gasteiger partial charge in [0.25, 0.3) is 0 Å². The van der Waals surface area contributed by atoms with Crippen LogP contribution in [0.1, 0.15) is 5.69 Å². The average Bonchev–Trinajstić information content (AvgIpc) is 2.76. The summed E-state index contributed by atoms with van der Waals surface area (Å²) in [6.45, 7) is -0.0448. The molecule has 15 heavy (non-hydrogen) atoms. The van der Waals surface area contributed by atoms with Gasteiger partial charge >= 0.3 is 0 Å². The number of hydrogen-bond acceptors (Lipinski definition) is 4. The number of rotatable bonds is 3. The monoisotopic (exact) mass is 221 g/mol. The highest BCUT2D eigenvalue weighted by atomic mass is 32.1. The number of aliphatic hydroxyl groups excluding tert-OH is 1. The first kappa shape index (κ1) is 10.1. The number of aromatic nitrogens is 1. The standard InChI is InChI=1S/C11H11NO2S/c1-14-10-5-3-2-4-8(10)11-9(6-13)12-7-15-11/h2-5,7,13H,6H2,1H3. The normalized spacial score (nSPS) is 10.3. The Hall–Kier alpha value is -1.39. The van der Waals surface area contributed by atoms with Gasteiger partial charge in [-0.15, -0.1) is 11.3 Å². The van der Waals surface area contributed by atoms with Crippen molar-refractivity contribution in [3.05, 3.63) is 35.5 Å². The van der Waals surface area contributed by atoms with Gasteiger partial charge in [0, 0.05) is 5.56 Å². The molecule has 4 heteroatoms. The van der Waals surface area contributed by atoms with Crippen molar-refractivity contribution in [2.75, 3.05) is 7.11 Å². The maximum Gasteiger partial charge on any atom is 0.127 e. The van der Waals surface area contributed by atoms with Gasteiger partial charge in [-0.2, -0.15) is 0 Å². The van der Waals surface area contributed by atoms with Crippen molar-refractivity contribution in [2.45, 2.75) is 6.61 Å². The lowest BCUT2D eigenvalue weighted by atomic mass is 10.1. The van der Waals surface area contributed by atoms with Crippen LogP contribution >= 0.6 is 11.3 Å². The Morgan fingerprint density at radius 2 is 2.20 bits per heavy atom. The van der Waals surface area contributed by atoms with E-state index < -0.39 is 0 Å². The highest BCUT2D eigenvalue weighted by molar-refractivity contribution is 7.13. The van der Waals surface area contributed by atoms with E-state index in [4.69, 9.17) is 9.84 Å². The van der Waals surface area contributed by atoms with Gasteiger partial charge in [0.05, 0.1) is 29.8 Å². The van der Waals surface area contributed by atoms with Crippen molar-refractivity contribution in [3.63, 3.8) is 0 Å². The van der Waals surface area contributed by atoms with Gasteiger partial charge in [0.15, 0.2) is 0 Å². The van der Waals surface area contributed by atoms with Gasteiger partial charge in [-0.1, -0.05) is 12.1 Å². The number of ether oxygens (including phenoxy) is 1. The quantitative estimate of drug-likeness (QED) is 0.864. The molecule has 0 bridgehead atoms. The second-order valence-electron chi connectivity index (χ2n) is 2.99. The third kappa shape index (κ3) is 1.86. The van der Waals surface area contributed by atoms with Gasteiger partial charge in [0.2, 0.25) is 0 Å². The molecule has 3 nitrogen and oxygen atoms in total. The molecule has 0 amide bonds. The molecule has 0 aliphatic carbocycles. The minimum Gasteiger partial charge on any atom is -0.496 e. The molecule has 0 radical (unpaired) electrons. The zero-order chi connectivity index (χ0) is 10.7. The molecule has 1 N–H and O–H groups in total. The summed E-state index contributed by atoms with van der Waals surface area (Å²) in [4.78, 5) is 5.07. The first-order valence-electron chi connectivity index (χ1n) is 4.53. The van der Waals surface area contributed by atoms with E-state index in [0.717, 1.165) is 16.2 Å². The molecule has 0 saturated carbocycles. The van der Waals surface area contributed by atoms with Crippen molar-refractivity contribution in [1.82, 2.24) is 4.98 Å².